The number of unbranched alkanes of at least 4 members (excludes halogenated alkanes) is 3. The van der Waals surface area contributed by atoms with Crippen molar-refractivity contribution in [2.75, 3.05) is 45.9 Å². The number of aldehydes is 1. The normalized spacial score (nSPS) is 20.6. The van der Waals surface area contributed by atoms with Crippen LogP contribution in [-0.2, 0) is 23.9 Å². The van der Waals surface area contributed by atoms with Crippen LogP contribution in [0.5, 0.6) is 0 Å². The molecule has 13 nitrogen and oxygen atoms in total. The number of amides is 3. The van der Waals surface area contributed by atoms with Crippen LogP contribution in [0.25, 0.3) is 0 Å². The zero-order valence-electron chi connectivity index (χ0n) is 39.8. The summed E-state index contributed by atoms with van der Waals surface area (Å²) in [5, 5.41) is 15.4. The van der Waals surface area contributed by atoms with Crippen LogP contribution in [0.3, 0.4) is 0 Å². The minimum absolute atomic E-state index is 0.0579. The number of allylic oxidation sites excluding steroid dienone is 11. The number of nitrogens with one attached hydrogen (secondary N) is 1. The molecule has 6 aliphatic rings. The summed E-state index contributed by atoms with van der Waals surface area (Å²) in [6, 6.07) is 0. The molecule has 8 bridgehead atoms. The molecule has 344 valence electrons. The second-order valence-corrected chi connectivity index (χ2v) is 17.6. The molecule has 6 rings (SSSR count). The van der Waals surface area contributed by atoms with E-state index in [0.29, 0.717) is 38.9 Å². The number of ether oxygens (including phenoxy) is 1. The first-order valence-electron chi connectivity index (χ1n) is 23.6. The van der Waals surface area contributed by atoms with E-state index in [4.69, 9.17) is 19.7 Å². The van der Waals surface area contributed by atoms with E-state index in [9.17, 15) is 24.3 Å². The second kappa shape index (κ2) is 21.0. The first kappa shape index (κ1) is 48.0. The maximum Gasteiger partial charge on any atom is 0.242 e. The molecule has 0 aromatic heterocycles. The van der Waals surface area contributed by atoms with Crippen molar-refractivity contribution in [3.63, 3.8) is 0 Å². The molecule has 1 fully saturated rings. The van der Waals surface area contributed by atoms with Crippen molar-refractivity contribution in [1.82, 2.24) is 20.0 Å². The molecule has 0 aromatic carbocycles. The summed E-state index contributed by atoms with van der Waals surface area (Å²) in [6.45, 7) is 21.6. The van der Waals surface area contributed by atoms with Gasteiger partial charge in [-0.25, -0.2) is 15.0 Å². The molecule has 1 saturated heterocycles. The highest BCUT2D eigenvalue weighted by molar-refractivity contribution is 6.21. The molecule has 0 aromatic rings. The Balaban J connectivity index is 1.42. The Hall–Kier alpha value is -5.43. The van der Waals surface area contributed by atoms with E-state index < -0.39 is 5.91 Å². The molecule has 3 atom stereocenters. The van der Waals surface area contributed by atoms with Crippen LogP contribution >= 0.6 is 0 Å². The third kappa shape index (κ3) is 9.79. The Morgan fingerprint density at radius 2 is 1.52 bits per heavy atom. The van der Waals surface area contributed by atoms with Gasteiger partial charge in [-0.15, -0.1) is 0 Å². The lowest BCUT2D eigenvalue weighted by atomic mass is 9.86. The average Bonchev–Trinajstić information content (AvgIpc) is 4.03. The van der Waals surface area contributed by atoms with Gasteiger partial charge in [-0.05, 0) is 108 Å². The lowest BCUT2D eigenvalue weighted by Crippen LogP contribution is -2.48. The number of aliphatic hydroxyl groups is 1. The van der Waals surface area contributed by atoms with Gasteiger partial charge in [0.2, 0.25) is 17.7 Å². The Bertz CT molecular complexity index is 2290. The van der Waals surface area contributed by atoms with Gasteiger partial charge in [-0.3, -0.25) is 14.4 Å². The maximum absolute atomic E-state index is 14.3. The average molecular weight is 876 g/mol. The van der Waals surface area contributed by atoms with Gasteiger partial charge in [0.1, 0.15) is 25.1 Å². The zero-order valence-corrected chi connectivity index (χ0v) is 39.8. The van der Waals surface area contributed by atoms with E-state index in [1.165, 1.54) is 16.2 Å². The van der Waals surface area contributed by atoms with Gasteiger partial charge >= 0.3 is 0 Å². The van der Waals surface area contributed by atoms with Crippen molar-refractivity contribution >= 4 is 41.1 Å². The number of hydrogen-bond acceptors (Lipinski definition) is 10. The van der Waals surface area contributed by atoms with E-state index in [-0.39, 0.29) is 68.0 Å². The third-order valence-corrected chi connectivity index (χ3v) is 13.7. The quantitative estimate of drug-likeness (QED) is 0.0924. The Morgan fingerprint density at radius 3 is 2.17 bits per heavy atom. The molecule has 1 unspecified atom stereocenters. The second-order valence-electron chi connectivity index (χ2n) is 17.6. The lowest BCUT2D eigenvalue weighted by molar-refractivity contribution is -0.145. The van der Waals surface area contributed by atoms with Gasteiger partial charge in [0.15, 0.2) is 0 Å². The SMILES string of the molecule is CCCCCCOC(C)C1=C(C)C2=NC1=CC1=NC(=CC3=C(C)C4=C(O)CC(=C5NC(=C2)[C@@H](C)[C@@H]5CCC(=O)N(CC(=O)N(CC)CC)CC(=O)N(CC)CC=O)C4=N3)C(CC)=C1C. The van der Waals surface area contributed by atoms with Crippen molar-refractivity contribution < 1.29 is 29.0 Å². The van der Waals surface area contributed by atoms with Gasteiger partial charge in [-0.1, -0.05) is 40.0 Å². The summed E-state index contributed by atoms with van der Waals surface area (Å²) >= 11 is 0. The molecule has 0 radical (unpaired) electrons. The molecular weight excluding hydrogens is 807 g/mol. The summed E-state index contributed by atoms with van der Waals surface area (Å²) < 4.78 is 6.51. The minimum atomic E-state index is -0.392. The Kier molecular flexibility index (Phi) is 15.8. The van der Waals surface area contributed by atoms with Crippen molar-refractivity contribution in [2.45, 2.75) is 127 Å². The number of aliphatic imine (C=N–C) groups is 3. The minimum Gasteiger partial charge on any atom is -0.511 e. The summed E-state index contributed by atoms with van der Waals surface area (Å²) in [4.78, 5) is 72.6. The zero-order chi connectivity index (χ0) is 46.4. The Labute approximate surface area is 380 Å². The van der Waals surface area contributed by atoms with Gasteiger partial charge < -0.3 is 34.7 Å². The van der Waals surface area contributed by atoms with Crippen LogP contribution in [0.15, 0.2) is 106 Å². The molecule has 64 heavy (non-hydrogen) atoms. The molecule has 0 saturated carbocycles. The first-order chi connectivity index (χ1) is 30.7. The van der Waals surface area contributed by atoms with Gasteiger partial charge in [0.05, 0.1) is 46.9 Å². The van der Waals surface area contributed by atoms with Crippen LogP contribution in [0, 0.1) is 11.8 Å². The molecule has 13 heteroatoms. The van der Waals surface area contributed by atoms with Crippen molar-refractivity contribution in [1.29, 1.82) is 0 Å². The topological polar surface area (TPSA) is 157 Å². The molecule has 1 aliphatic carbocycles. The molecule has 5 heterocycles. The van der Waals surface area contributed by atoms with Crippen LogP contribution < -0.4 is 5.32 Å². The van der Waals surface area contributed by atoms with Crippen LogP contribution in [0.1, 0.15) is 121 Å². The van der Waals surface area contributed by atoms with Crippen molar-refractivity contribution in [3.05, 3.63) is 91.5 Å². The van der Waals surface area contributed by atoms with E-state index in [1.807, 2.05) is 26.8 Å². The van der Waals surface area contributed by atoms with Crippen molar-refractivity contribution in [3.8, 4) is 0 Å². The highest BCUT2D eigenvalue weighted by Crippen LogP contribution is 2.46. The molecule has 3 amide bonds. The fraction of sp³-hybridized carbons (Fsp3) is 0.549. The summed E-state index contributed by atoms with van der Waals surface area (Å²) in [5.41, 5.74) is 13.4. The summed E-state index contributed by atoms with van der Waals surface area (Å²) in [5.74, 6) is -1.02. The molecule has 0 spiro atoms. The third-order valence-electron chi connectivity index (χ3n) is 13.7. The fourth-order valence-corrected chi connectivity index (χ4v) is 9.78. The van der Waals surface area contributed by atoms with E-state index in [1.54, 1.807) is 11.8 Å². The van der Waals surface area contributed by atoms with Crippen LogP contribution in [0.4, 0.5) is 0 Å². The molecular formula is C51H69N7O6. The number of rotatable bonds is 20. The summed E-state index contributed by atoms with van der Waals surface area (Å²) in [7, 11) is 0. The monoisotopic (exact) mass is 876 g/mol. The van der Waals surface area contributed by atoms with Crippen molar-refractivity contribution in [2.24, 2.45) is 26.8 Å². The largest absolute Gasteiger partial charge is 0.511 e. The number of likely N-dealkylation sites (N-methyl/N-ethyl adjacent to an activating group) is 2. The number of aliphatic hydroxyl groups excluding tert-OH is 1. The van der Waals surface area contributed by atoms with E-state index in [2.05, 4.69) is 59.0 Å². The smallest absolute Gasteiger partial charge is 0.242 e. The number of hydrogen-bond donors (Lipinski definition) is 2. The predicted octanol–water partition coefficient (Wildman–Crippen LogP) is 8.17. The number of fused-ring (bicyclic) bond motifs is 5. The lowest BCUT2D eigenvalue weighted by Gasteiger charge is -2.28. The fourth-order valence-electron chi connectivity index (χ4n) is 9.78. The summed E-state index contributed by atoms with van der Waals surface area (Å²) in [6.07, 6.45) is 12.7. The highest BCUT2D eigenvalue weighted by Gasteiger charge is 2.42. The number of carbonyl (C=O) groups excluding carboxylic acids is 4. The van der Waals surface area contributed by atoms with Gasteiger partial charge in [-0.2, -0.15) is 0 Å². The van der Waals surface area contributed by atoms with Crippen LogP contribution in [0.2, 0.25) is 0 Å². The predicted molar refractivity (Wildman–Crippen MR) is 254 cm³/mol. The Morgan fingerprint density at radius 1 is 0.844 bits per heavy atom. The first-order valence-corrected chi connectivity index (χ1v) is 23.6. The van der Waals surface area contributed by atoms with Gasteiger partial charge in [0, 0.05) is 79.0 Å². The molecule has 5 aliphatic heterocycles. The van der Waals surface area contributed by atoms with Crippen LogP contribution in [-0.4, -0.2) is 113 Å². The number of carbonyl (C=O) groups is 4. The van der Waals surface area contributed by atoms with E-state index >= 15 is 0 Å². The van der Waals surface area contributed by atoms with E-state index in [0.717, 1.165) is 110 Å². The van der Waals surface area contributed by atoms with Gasteiger partial charge in [0.25, 0.3) is 0 Å². The number of nitrogens with zero attached hydrogens (tertiary/aromatic N) is 6. The highest BCUT2D eigenvalue weighted by atomic mass is 16.5. The standard InChI is InChI=1S/C51H69N7O6/c1-11-16-17-18-23-64-34(10)48-32(8)40-25-39-31(7)36(19-20-45(61)58(28-46(62)56(13-3)14-4)29-47(63)57(15-5)21-22-59)50(54-39)37-24-44(60)49-33(9)41(55-51(37)49)26-42-35(12-2)30(6)38(52-42)27-43(48)53-40/h22,25-27,31,34,36,54,60H,11-21,23-24,28-29H2,1-10H3/t31-,34?,36-/m0/s1. The molecule has 2 N–H and O–H groups in total. The maximum atomic E-state index is 14.3.